The molecule has 14 heteroatoms. The minimum absolute atomic E-state index is 0.0667. The van der Waals surface area contributed by atoms with Crippen molar-refractivity contribution in [1.29, 1.82) is 0 Å². The predicted octanol–water partition coefficient (Wildman–Crippen LogP) is 4.66. The van der Waals surface area contributed by atoms with Crippen LogP contribution < -0.4 is 20.8 Å². The second-order valence-electron chi connectivity index (χ2n) is 14.8. The molecule has 4 aromatic heterocycles. The molecular formula is C41H43FN10O3. The van der Waals surface area contributed by atoms with E-state index in [9.17, 15) is 18.8 Å². The molecule has 2 aromatic carbocycles. The number of aryl methyl sites for hydroxylation is 2. The molecule has 3 aliphatic heterocycles. The van der Waals surface area contributed by atoms with Gasteiger partial charge in [0.25, 0.3) is 0 Å². The van der Waals surface area contributed by atoms with E-state index in [1.165, 1.54) is 6.07 Å². The Morgan fingerprint density at radius 3 is 2.55 bits per heavy atom. The van der Waals surface area contributed by atoms with Gasteiger partial charge in [0.2, 0.25) is 11.8 Å². The Morgan fingerprint density at radius 1 is 0.873 bits per heavy atom. The number of hydrogen-bond acceptors (Lipinski definition) is 9. The fourth-order valence-corrected chi connectivity index (χ4v) is 8.68. The maximum absolute atomic E-state index is 14.1. The third-order valence-corrected chi connectivity index (χ3v) is 11.5. The van der Waals surface area contributed by atoms with Crippen molar-refractivity contribution in [3.63, 3.8) is 0 Å². The van der Waals surface area contributed by atoms with Gasteiger partial charge in [0.15, 0.2) is 5.65 Å². The number of imide groups is 1. The van der Waals surface area contributed by atoms with Crippen molar-refractivity contribution < 1.29 is 14.0 Å². The number of aromatic nitrogens is 6. The standard InChI is InChI=1S/C41H43FN10O3/c1-47-39-27(7-3-12-32(39)51(41(47)55)33-15-18-38(53)45-40(33)54)9-5-19-48-21-23-49(24-22-48)36-14-4-11-30(44-36)34-26-43-35-16-17-37(46-52(34)35)50-20-6-13-31(50)28-8-2-10-29(42)25-28/h2-4,7-8,10-12,14,16-17,25-26,31,33H,5-6,9,13,15,18-24H2,1H3,(H,45,53,54). The van der Waals surface area contributed by atoms with E-state index in [0.717, 1.165) is 116 Å². The fraction of sp³-hybridized carbons (Fsp3) is 0.366. The summed E-state index contributed by atoms with van der Waals surface area (Å²) in [6.45, 7) is 5.28. The highest BCUT2D eigenvalue weighted by atomic mass is 19.1. The first-order valence-corrected chi connectivity index (χ1v) is 19.2. The highest BCUT2D eigenvalue weighted by Crippen LogP contribution is 2.36. The van der Waals surface area contributed by atoms with Crippen molar-refractivity contribution in [2.75, 3.05) is 49.1 Å². The van der Waals surface area contributed by atoms with Crippen LogP contribution in [-0.2, 0) is 23.1 Å². The molecule has 7 heterocycles. The molecule has 55 heavy (non-hydrogen) atoms. The Morgan fingerprint density at radius 2 is 1.71 bits per heavy atom. The smallest absolute Gasteiger partial charge is 0.329 e. The minimum atomic E-state index is -0.693. The number of para-hydroxylation sites is 1. The summed E-state index contributed by atoms with van der Waals surface area (Å²) in [7, 11) is 1.75. The summed E-state index contributed by atoms with van der Waals surface area (Å²) in [6, 6.07) is 22.2. The van der Waals surface area contributed by atoms with Crippen LogP contribution in [0, 0.1) is 5.82 Å². The van der Waals surface area contributed by atoms with Crippen LogP contribution in [0.2, 0.25) is 0 Å². The molecule has 0 saturated carbocycles. The normalized spacial score (nSPS) is 19.5. The molecule has 282 valence electrons. The van der Waals surface area contributed by atoms with E-state index in [4.69, 9.17) is 10.1 Å². The van der Waals surface area contributed by atoms with Gasteiger partial charge in [-0.15, -0.1) is 5.10 Å². The zero-order valence-corrected chi connectivity index (χ0v) is 30.8. The number of nitrogens with zero attached hydrogens (tertiary/aromatic N) is 9. The number of pyridine rings is 1. The number of carbonyl (C=O) groups is 2. The van der Waals surface area contributed by atoms with E-state index in [1.54, 1.807) is 28.3 Å². The lowest BCUT2D eigenvalue weighted by molar-refractivity contribution is -0.135. The summed E-state index contributed by atoms with van der Waals surface area (Å²) in [4.78, 5) is 54.5. The lowest BCUT2D eigenvalue weighted by atomic mass is 10.0. The van der Waals surface area contributed by atoms with Crippen LogP contribution in [-0.4, -0.2) is 84.7 Å². The van der Waals surface area contributed by atoms with Crippen LogP contribution in [0.1, 0.15) is 55.3 Å². The van der Waals surface area contributed by atoms with E-state index in [1.807, 2.05) is 53.2 Å². The molecule has 2 unspecified atom stereocenters. The number of piperidine rings is 1. The molecule has 6 aromatic rings. The van der Waals surface area contributed by atoms with Gasteiger partial charge in [0.1, 0.15) is 29.2 Å². The van der Waals surface area contributed by atoms with Crippen molar-refractivity contribution in [2.45, 2.75) is 50.6 Å². The van der Waals surface area contributed by atoms with Gasteiger partial charge < -0.3 is 9.80 Å². The van der Waals surface area contributed by atoms with Gasteiger partial charge in [-0.05, 0) is 92.2 Å². The Hall–Kier alpha value is -5.89. The molecule has 0 spiro atoms. The zero-order chi connectivity index (χ0) is 37.6. The molecule has 0 bridgehead atoms. The number of hydrogen-bond donors (Lipinski definition) is 1. The average molecular weight is 743 g/mol. The first-order chi connectivity index (χ1) is 26.8. The van der Waals surface area contributed by atoms with Gasteiger partial charge in [-0.3, -0.25) is 28.9 Å². The summed E-state index contributed by atoms with van der Waals surface area (Å²) in [5, 5.41) is 7.41. The number of carbonyl (C=O) groups excluding carboxylic acids is 2. The number of piperazine rings is 1. The largest absolute Gasteiger partial charge is 0.354 e. The Labute approximate surface area is 317 Å². The molecule has 3 saturated heterocycles. The molecule has 0 aliphatic carbocycles. The molecule has 9 rings (SSSR count). The molecule has 13 nitrogen and oxygen atoms in total. The number of benzene rings is 2. The molecular weight excluding hydrogens is 700 g/mol. The van der Waals surface area contributed by atoms with Gasteiger partial charge >= 0.3 is 5.69 Å². The van der Waals surface area contributed by atoms with Crippen LogP contribution in [0.25, 0.3) is 28.1 Å². The minimum Gasteiger partial charge on any atom is -0.354 e. The monoisotopic (exact) mass is 742 g/mol. The summed E-state index contributed by atoms with van der Waals surface area (Å²) in [5.41, 5.74) is 5.72. The van der Waals surface area contributed by atoms with E-state index in [0.29, 0.717) is 6.42 Å². The van der Waals surface area contributed by atoms with Crippen LogP contribution in [0.15, 0.2) is 83.8 Å². The van der Waals surface area contributed by atoms with Crippen molar-refractivity contribution in [1.82, 2.24) is 38.9 Å². The van der Waals surface area contributed by atoms with Crippen LogP contribution >= 0.6 is 0 Å². The van der Waals surface area contributed by atoms with Crippen LogP contribution in [0.5, 0.6) is 0 Å². The van der Waals surface area contributed by atoms with E-state index >= 15 is 0 Å². The topological polar surface area (TPSA) is 126 Å². The first kappa shape index (κ1) is 34.9. The van der Waals surface area contributed by atoms with E-state index < -0.39 is 11.9 Å². The second kappa shape index (κ2) is 14.4. The first-order valence-electron chi connectivity index (χ1n) is 19.2. The number of nitrogens with one attached hydrogen (secondary N) is 1. The Kier molecular flexibility index (Phi) is 9.12. The lowest BCUT2D eigenvalue weighted by Gasteiger charge is -2.35. The molecule has 2 atom stereocenters. The van der Waals surface area contributed by atoms with Crippen molar-refractivity contribution in [2.24, 2.45) is 7.05 Å². The second-order valence-corrected chi connectivity index (χ2v) is 14.8. The van der Waals surface area contributed by atoms with Gasteiger partial charge in [-0.1, -0.05) is 30.3 Å². The third-order valence-electron chi connectivity index (χ3n) is 11.5. The average Bonchev–Trinajstić information content (AvgIpc) is 3.92. The van der Waals surface area contributed by atoms with E-state index in [2.05, 4.69) is 37.1 Å². The van der Waals surface area contributed by atoms with Crippen LogP contribution in [0.4, 0.5) is 16.0 Å². The molecule has 3 aliphatic rings. The van der Waals surface area contributed by atoms with Crippen LogP contribution in [0.3, 0.4) is 0 Å². The summed E-state index contributed by atoms with van der Waals surface area (Å²) >= 11 is 0. The Balaban J connectivity index is 0.850. The van der Waals surface area contributed by atoms with Gasteiger partial charge in [0, 0.05) is 46.2 Å². The van der Waals surface area contributed by atoms with Crippen molar-refractivity contribution in [3.8, 4) is 11.4 Å². The highest BCUT2D eigenvalue weighted by molar-refractivity contribution is 6.00. The van der Waals surface area contributed by atoms with Crippen molar-refractivity contribution in [3.05, 3.63) is 106 Å². The maximum atomic E-state index is 14.1. The highest BCUT2D eigenvalue weighted by Gasteiger charge is 2.32. The Bertz CT molecular complexity index is 2480. The number of amides is 2. The lowest BCUT2D eigenvalue weighted by Crippen LogP contribution is -2.47. The SMILES string of the molecule is Cn1c(=O)n(C2CCC(=O)NC2=O)c2cccc(CCCN3CCN(c4cccc(-c5cnc6ccc(N7CCCC7c7cccc(F)c7)nn56)n4)CC3)c21. The fourth-order valence-electron chi connectivity index (χ4n) is 8.68. The zero-order valence-electron chi connectivity index (χ0n) is 30.8. The number of imidazole rings is 2. The molecule has 0 radical (unpaired) electrons. The number of anilines is 2. The predicted molar refractivity (Wildman–Crippen MR) is 208 cm³/mol. The van der Waals surface area contributed by atoms with Crippen molar-refractivity contribution >= 4 is 40.1 Å². The number of fused-ring (bicyclic) bond motifs is 2. The molecule has 1 N–H and O–H groups in total. The van der Waals surface area contributed by atoms with E-state index in [-0.39, 0.29) is 29.9 Å². The molecule has 3 fully saturated rings. The van der Waals surface area contributed by atoms with Gasteiger partial charge in [-0.25, -0.2) is 23.7 Å². The summed E-state index contributed by atoms with van der Waals surface area (Å²) < 4.78 is 19.1. The third kappa shape index (κ3) is 6.53. The number of rotatable bonds is 9. The maximum Gasteiger partial charge on any atom is 0.329 e. The summed E-state index contributed by atoms with van der Waals surface area (Å²) in [6.07, 6.45) is 6.04. The molecule has 2 amide bonds. The number of halogens is 1. The van der Waals surface area contributed by atoms with Gasteiger partial charge in [-0.2, -0.15) is 0 Å². The quantitative estimate of drug-likeness (QED) is 0.211. The summed E-state index contributed by atoms with van der Waals surface area (Å²) in [5.74, 6) is 0.805. The van der Waals surface area contributed by atoms with Gasteiger partial charge in [0.05, 0.1) is 29.0 Å².